The molecule has 2 saturated heterocycles. The maximum Gasteiger partial charge on any atom is 0.269 e. The number of anilines is 5. The second-order valence-electron chi connectivity index (χ2n) is 11.7. The normalized spacial score (nSPS) is 17.3. The average molecular weight is 724 g/mol. The molecule has 4 aromatic rings. The van der Waals surface area contributed by atoms with E-state index in [0.717, 1.165) is 62.7 Å². The molecule has 0 spiro atoms. The zero-order valence-corrected chi connectivity index (χ0v) is 29.2. The number of piperazine rings is 1. The number of rotatable bonds is 9. The van der Waals surface area contributed by atoms with Crippen LogP contribution in [0.15, 0.2) is 46.9 Å². The van der Waals surface area contributed by atoms with Crippen LogP contribution >= 0.6 is 22.9 Å². The van der Waals surface area contributed by atoms with Gasteiger partial charge in [0.05, 0.1) is 34.0 Å². The van der Waals surface area contributed by atoms with Crippen LogP contribution in [0.3, 0.4) is 0 Å². The maximum absolute atomic E-state index is 15.4. The number of thiazole rings is 1. The fourth-order valence-corrected chi connectivity index (χ4v) is 9.06. The number of piperidine rings is 1. The molecule has 252 valence electrons. The van der Waals surface area contributed by atoms with Crippen molar-refractivity contribution >= 4 is 82.0 Å². The topological polar surface area (TPSA) is 144 Å². The number of nitrogens with one attached hydrogen (secondary N) is 2. The molecule has 2 aromatic carbocycles. The van der Waals surface area contributed by atoms with Gasteiger partial charge in [-0.1, -0.05) is 11.6 Å². The fraction of sp³-hybridized carbons (Fsp3) is 0.414. The Hall–Kier alpha value is -3.35. The zero-order valence-electron chi connectivity index (χ0n) is 26.0. The monoisotopic (exact) mass is 723 g/mol. The van der Waals surface area contributed by atoms with Crippen LogP contribution in [0.2, 0.25) is 5.02 Å². The van der Waals surface area contributed by atoms with Gasteiger partial charge in [0.1, 0.15) is 21.3 Å². The molecule has 6 rings (SSSR count). The highest BCUT2D eigenvalue weighted by molar-refractivity contribution is 7.93. The summed E-state index contributed by atoms with van der Waals surface area (Å²) >= 11 is 7.58. The Labute approximate surface area is 282 Å². The summed E-state index contributed by atoms with van der Waals surface area (Å²) in [6.07, 6.45) is 4.10. The molecule has 2 aliphatic rings. The number of hydrogen-bond donors (Lipinski definition) is 2. The van der Waals surface area contributed by atoms with Gasteiger partial charge in [-0.25, -0.2) is 31.2 Å². The molecule has 2 fully saturated rings. The lowest BCUT2D eigenvalue weighted by atomic mass is 10.0. The quantitative estimate of drug-likeness (QED) is 0.258. The predicted octanol–water partition coefficient (Wildman–Crippen LogP) is 4.04. The molecule has 0 aliphatic carbocycles. The lowest BCUT2D eigenvalue weighted by Gasteiger charge is -2.42. The zero-order chi connectivity index (χ0) is 33.5. The van der Waals surface area contributed by atoms with E-state index in [2.05, 4.69) is 46.7 Å². The highest BCUT2D eigenvalue weighted by Crippen LogP contribution is 2.37. The summed E-state index contributed by atoms with van der Waals surface area (Å²) < 4.78 is 71.1. The molecule has 13 nitrogen and oxygen atoms in total. The molecule has 0 amide bonds. The van der Waals surface area contributed by atoms with Crippen LogP contribution in [-0.4, -0.2) is 107 Å². The Bertz CT molecular complexity index is 2000. The van der Waals surface area contributed by atoms with Crippen molar-refractivity contribution in [3.63, 3.8) is 0 Å². The van der Waals surface area contributed by atoms with Gasteiger partial charge in [-0.3, -0.25) is 13.9 Å². The van der Waals surface area contributed by atoms with Crippen molar-refractivity contribution in [3.05, 3.63) is 52.9 Å². The van der Waals surface area contributed by atoms with Crippen molar-refractivity contribution < 1.29 is 21.2 Å². The number of nitrogens with zero attached hydrogens (tertiary/aromatic N) is 7. The van der Waals surface area contributed by atoms with E-state index < -0.39 is 25.9 Å². The van der Waals surface area contributed by atoms with Gasteiger partial charge in [-0.05, 0) is 50.2 Å². The number of benzene rings is 2. The second kappa shape index (κ2) is 13.3. The number of likely N-dealkylation sites (N-methyl/N-ethyl adjacent to an activating group) is 1. The van der Waals surface area contributed by atoms with Crippen LogP contribution in [0, 0.1) is 5.82 Å². The van der Waals surface area contributed by atoms with Crippen molar-refractivity contribution in [1.29, 1.82) is 0 Å². The largest absolute Gasteiger partial charge is 0.369 e. The number of aromatic nitrogens is 3. The van der Waals surface area contributed by atoms with Crippen molar-refractivity contribution in [1.82, 2.24) is 24.8 Å². The Morgan fingerprint density at radius 2 is 1.74 bits per heavy atom. The molecule has 2 aliphatic heterocycles. The summed E-state index contributed by atoms with van der Waals surface area (Å²) in [5.74, 6) is -0.598. The third-order valence-corrected chi connectivity index (χ3v) is 11.9. The lowest BCUT2D eigenvalue weighted by Crippen LogP contribution is -2.52. The van der Waals surface area contributed by atoms with Crippen molar-refractivity contribution in [2.45, 2.75) is 23.8 Å². The molecule has 2 N–H and O–H groups in total. The Morgan fingerprint density at radius 3 is 2.43 bits per heavy atom. The smallest absolute Gasteiger partial charge is 0.269 e. The first-order valence-corrected chi connectivity index (χ1v) is 19.5. The van der Waals surface area contributed by atoms with E-state index in [1.807, 2.05) is 0 Å². The number of fused-ring (bicyclic) bond motifs is 1. The van der Waals surface area contributed by atoms with Crippen LogP contribution in [0.4, 0.5) is 33.2 Å². The van der Waals surface area contributed by atoms with Gasteiger partial charge >= 0.3 is 0 Å². The molecule has 0 radical (unpaired) electrons. The Kier molecular flexibility index (Phi) is 9.48. The van der Waals surface area contributed by atoms with E-state index in [0.29, 0.717) is 22.1 Å². The van der Waals surface area contributed by atoms with Crippen LogP contribution in [-0.2, 0) is 20.0 Å². The van der Waals surface area contributed by atoms with E-state index in [1.54, 1.807) is 18.2 Å². The van der Waals surface area contributed by atoms with Crippen LogP contribution in [0.1, 0.15) is 12.8 Å². The van der Waals surface area contributed by atoms with Gasteiger partial charge in [-0.2, -0.15) is 4.98 Å². The van der Waals surface area contributed by atoms with Crippen molar-refractivity contribution in [3.8, 4) is 0 Å². The highest BCUT2D eigenvalue weighted by atomic mass is 35.5. The fourth-order valence-electron chi connectivity index (χ4n) is 5.97. The van der Waals surface area contributed by atoms with Gasteiger partial charge in [0.15, 0.2) is 5.82 Å². The SMILES string of the molecule is CN1CCN(C2CCN(c3ccc(Nc4ncc(Cl)c(N(C)S(=O)(=O)c5c(NS(C)(=O)=O)ccc6scnc56)n4)cc3F)CC2)CC1. The van der Waals surface area contributed by atoms with Gasteiger partial charge in [0.25, 0.3) is 10.0 Å². The minimum atomic E-state index is -4.46. The minimum absolute atomic E-state index is 0.0204. The lowest BCUT2D eigenvalue weighted by molar-refractivity contribution is 0.0981. The molecule has 0 bridgehead atoms. The van der Waals surface area contributed by atoms with Gasteiger partial charge < -0.3 is 15.1 Å². The Morgan fingerprint density at radius 1 is 1.02 bits per heavy atom. The summed E-state index contributed by atoms with van der Waals surface area (Å²) in [6.45, 7) is 5.80. The van der Waals surface area contributed by atoms with E-state index in [1.165, 1.54) is 42.2 Å². The molecule has 0 atom stereocenters. The summed E-state index contributed by atoms with van der Waals surface area (Å²) in [5, 5.41) is 2.86. The summed E-state index contributed by atoms with van der Waals surface area (Å²) in [4.78, 5) is 19.3. The number of halogens is 2. The molecule has 47 heavy (non-hydrogen) atoms. The van der Waals surface area contributed by atoms with E-state index in [4.69, 9.17) is 11.6 Å². The second-order valence-corrected chi connectivity index (χ2v) is 16.7. The van der Waals surface area contributed by atoms with Gasteiger partial charge in [-0.15, -0.1) is 11.3 Å². The average Bonchev–Trinajstić information content (AvgIpc) is 3.50. The van der Waals surface area contributed by atoms with Crippen LogP contribution in [0.25, 0.3) is 10.2 Å². The molecule has 4 heterocycles. The summed E-state index contributed by atoms with van der Waals surface area (Å²) in [7, 11) is -4.91. The first kappa shape index (κ1) is 33.5. The minimum Gasteiger partial charge on any atom is -0.369 e. The molecular formula is C29H35ClFN9O4S3. The Balaban J connectivity index is 1.20. The van der Waals surface area contributed by atoms with Crippen molar-refractivity contribution in [2.24, 2.45) is 0 Å². The van der Waals surface area contributed by atoms with Gasteiger partial charge in [0.2, 0.25) is 16.0 Å². The third-order valence-electron chi connectivity index (χ3n) is 8.46. The number of sulfonamides is 2. The summed E-state index contributed by atoms with van der Waals surface area (Å²) in [6, 6.07) is 8.25. The first-order valence-electron chi connectivity index (χ1n) is 14.9. The third kappa shape index (κ3) is 7.24. The molecule has 0 unspecified atom stereocenters. The van der Waals surface area contributed by atoms with E-state index in [9.17, 15) is 16.8 Å². The molecule has 2 aromatic heterocycles. The summed E-state index contributed by atoms with van der Waals surface area (Å²) in [5.41, 5.74) is 2.28. The predicted molar refractivity (Wildman–Crippen MR) is 185 cm³/mol. The standard InChI is InChI=1S/C29H35ClFN9O4S3/c1-37-12-14-39(15-13-37)20-8-10-40(11-9-20)24-6-4-19(16-22(24)31)34-29-32-17-21(30)28(35-29)38(2)47(43,44)27-23(36-46(3,41)42)5-7-25-26(27)33-18-45-25/h4-7,16-18,20,36H,8-15H2,1-3H3,(H,32,34,35). The van der Waals surface area contributed by atoms with Gasteiger partial charge in [0, 0.05) is 58.0 Å². The molecule has 18 heteroatoms. The van der Waals surface area contributed by atoms with Crippen molar-refractivity contribution in [2.75, 3.05) is 78.9 Å². The highest BCUT2D eigenvalue weighted by Gasteiger charge is 2.32. The number of hydrogen-bond acceptors (Lipinski definition) is 12. The van der Waals surface area contributed by atoms with Crippen LogP contribution in [0.5, 0.6) is 0 Å². The molecular weight excluding hydrogens is 689 g/mol. The first-order chi connectivity index (χ1) is 22.3. The maximum atomic E-state index is 15.4. The van der Waals surface area contributed by atoms with Crippen LogP contribution < -0.4 is 19.2 Å². The van der Waals surface area contributed by atoms with E-state index >= 15 is 4.39 Å². The molecule has 0 saturated carbocycles. The van der Waals surface area contributed by atoms with E-state index in [-0.39, 0.29) is 32.9 Å².